The number of piperidine rings is 1. The number of nitrogens with zero attached hydrogens (tertiary/aromatic N) is 3. The fourth-order valence-electron chi connectivity index (χ4n) is 3.32. The number of aryl methyl sites for hydroxylation is 1. The van der Waals surface area contributed by atoms with E-state index in [9.17, 15) is 18.0 Å². The van der Waals surface area contributed by atoms with Crippen molar-refractivity contribution in [1.82, 2.24) is 14.5 Å². The quantitative estimate of drug-likeness (QED) is 0.879. The summed E-state index contributed by atoms with van der Waals surface area (Å²) < 4.78 is 41.2. The Bertz CT molecular complexity index is 764. The number of carbonyl (C=O) groups is 1. The molecule has 2 amide bonds. The van der Waals surface area contributed by atoms with Crippen molar-refractivity contribution in [2.24, 2.45) is 0 Å². The summed E-state index contributed by atoms with van der Waals surface area (Å²) >= 11 is 0. The van der Waals surface area contributed by atoms with Crippen molar-refractivity contribution in [3.05, 3.63) is 48.0 Å². The van der Waals surface area contributed by atoms with Crippen LogP contribution in [0.15, 0.2) is 36.7 Å². The first-order valence-electron chi connectivity index (χ1n) is 8.63. The zero-order valence-corrected chi connectivity index (χ0v) is 14.5. The van der Waals surface area contributed by atoms with Crippen LogP contribution in [0.5, 0.6) is 0 Å². The van der Waals surface area contributed by atoms with Crippen LogP contribution in [0, 0.1) is 0 Å². The number of halogens is 3. The Morgan fingerprint density at radius 1 is 1.27 bits per heavy atom. The van der Waals surface area contributed by atoms with Crippen LogP contribution in [0.1, 0.15) is 37.1 Å². The summed E-state index contributed by atoms with van der Waals surface area (Å²) in [6, 6.07) is 4.51. The van der Waals surface area contributed by atoms with Gasteiger partial charge in [-0.3, -0.25) is 0 Å². The lowest BCUT2D eigenvalue weighted by atomic mass is 9.96. The van der Waals surface area contributed by atoms with Crippen molar-refractivity contribution in [2.45, 2.75) is 38.4 Å². The Hall–Kier alpha value is -2.51. The molecule has 1 aromatic heterocycles. The van der Waals surface area contributed by atoms with E-state index in [1.807, 2.05) is 13.1 Å². The van der Waals surface area contributed by atoms with Gasteiger partial charge in [0.1, 0.15) is 5.82 Å². The number of carbonyl (C=O) groups excluding carboxylic acids is 1. The van der Waals surface area contributed by atoms with E-state index in [0.29, 0.717) is 13.1 Å². The van der Waals surface area contributed by atoms with E-state index < -0.39 is 17.8 Å². The maximum absolute atomic E-state index is 13.0. The molecule has 0 aliphatic carbocycles. The highest BCUT2D eigenvalue weighted by Gasteiger charge is 2.34. The van der Waals surface area contributed by atoms with Gasteiger partial charge in [0, 0.05) is 37.9 Å². The first-order chi connectivity index (χ1) is 12.4. The van der Waals surface area contributed by atoms with Crippen LogP contribution >= 0.6 is 0 Å². The van der Waals surface area contributed by atoms with Crippen molar-refractivity contribution < 1.29 is 18.0 Å². The summed E-state index contributed by atoms with van der Waals surface area (Å²) in [5, 5.41) is 2.41. The highest BCUT2D eigenvalue weighted by atomic mass is 19.4. The maximum atomic E-state index is 13.0. The number of benzene rings is 1. The van der Waals surface area contributed by atoms with Gasteiger partial charge >= 0.3 is 12.2 Å². The first kappa shape index (κ1) is 18.3. The van der Waals surface area contributed by atoms with Crippen molar-refractivity contribution in [3.63, 3.8) is 0 Å². The van der Waals surface area contributed by atoms with Crippen LogP contribution in [0.3, 0.4) is 0 Å². The van der Waals surface area contributed by atoms with Gasteiger partial charge in [-0.25, -0.2) is 9.78 Å². The zero-order chi connectivity index (χ0) is 18.7. The third-order valence-corrected chi connectivity index (χ3v) is 4.71. The van der Waals surface area contributed by atoms with E-state index >= 15 is 0 Å². The van der Waals surface area contributed by atoms with Crippen molar-refractivity contribution in [2.75, 3.05) is 18.4 Å². The van der Waals surface area contributed by atoms with E-state index in [4.69, 9.17) is 0 Å². The summed E-state index contributed by atoms with van der Waals surface area (Å²) in [6.45, 7) is 3.86. The highest BCUT2D eigenvalue weighted by molar-refractivity contribution is 5.90. The van der Waals surface area contributed by atoms with E-state index in [-0.39, 0.29) is 11.6 Å². The van der Waals surface area contributed by atoms with E-state index in [2.05, 4.69) is 14.9 Å². The number of aromatic nitrogens is 2. The Morgan fingerprint density at radius 2 is 1.96 bits per heavy atom. The monoisotopic (exact) mass is 366 g/mol. The second kappa shape index (κ2) is 7.39. The molecule has 0 unspecified atom stereocenters. The molecule has 1 aliphatic rings. The third-order valence-electron chi connectivity index (χ3n) is 4.71. The molecule has 1 N–H and O–H groups in total. The molecule has 1 fully saturated rings. The van der Waals surface area contributed by atoms with Gasteiger partial charge in [0.05, 0.1) is 11.3 Å². The Labute approximate surface area is 149 Å². The number of imidazole rings is 1. The Morgan fingerprint density at radius 3 is 2.62 bits per heavy atom. The van der Waals surface area contributed by atoms with Crippen molar-refractivity contribution in [1.29, 1.82) is 0 Å². The molecule has 0 saturated carbocycles. The minimum absolute atomic E-state index is 0.214. The average molecular weight is 366 g/mol. The topological polar surface area (TPSA) is 50.2 Å². The van der Waals surface area contributed by atoms with Crippen molar-refractivity contribution in [3.8, 4) is 0 Å². The zero-order valence-electron chi connectivity index (χ0n) is 14.5. The normalized spacial score (nSPS) is 15.9. The smallest absolute Gasteiger partial charge is 0.335 e. The number of amides is 2. The fraction of sp³-hybridized carbons (Fsp3) is 0.444. The molecule has 0 radical (unpaired) electrons. The molecular weight excluding hydrogens is 345 g/mol. The van der Waals surface area contributed by atoms with Gasteiger partial charge < -0.3 is 14.8 Å². The maximum Gasteiger partial charge on any atom is 0.418 e. The van der Waals surface area contributed by atoms with Gasteiger partial charge in [-0.2, -0.15) is 13.2 Å². The molecule has 0 spiro atoms. The molecule has 2 aromatic rings. The average Bonchev–Trinajstić information content (AvgIpc) is 3.10. The lowest BCUT2D eigenvalue weighted by Gasteiger charge is -2.32. The van der Waals surface area contributed by atoms with E-state index in [0.717, 1.165) is 31.3 Å². The lowest BCUT2D eigenvalue weighted by Crippen LogP contribution is -2.41. The summed E-state index contributed by atoms with van der Waals surface area (Å²) in [6.07, 6.45) is 0.680. The minimum atomic E-state index is -4.51. The molecule has 26 heavy (non-hydrogen) atoms. The first-order valence-corrected chi connectivity index (χ1v) is 8.63. The molecular formula is C18H21F3N4O. The SMILES string of the molecule is CCn1ccnc1C1CCN(C(=O)Nc2ccccc2C(F)(F)F)CC1. The van der Waals surface area contributed by atoms with Crippen LogP contribution in [0.2, 0.25) is 0 Å². The van der Waals surface area contributed by atoms with E-state index in [1.165, 1.54) is 18.2 Å². The second-order valence-corrected chi connectivity index (χ2v) is 6.31. The number of hydrogen-bond acceptors (Lipinski definition) is 2. The Balaban J connectivity index is 1.63. The fourth-order valence-corrected chi connectivity index (χ4v) is 3.32. The van der Waals surface area contributed by atoms with Crippen LogP contribution in [0.4, 0.5) is 23.7 Å². The number of likely N-dealkylation sites (tertiary alicyclic amines) is 1. The molecule has 1 saturated heterocycles. The second-order valence-electron chi connectivity index (χ2n) is 6.31. The molecule has 1 aromatic carbocycles. The number of para-hydroxylation sites is 1. The molecule has 8 heteroatoms. The summed E-state index contributed by atoms with van der Waals surface area (Å²) in [5.41, 5.74) is -1.05. The van der Waals surface area contributed by atoms with Crippen LogP contribution in [-0.2, 0) is 12.7 Å². The molecule has 140 valence electrons. The number of nitrogens with one attached hydrogen (secondary N) is 1. The van der Waals surface area contributed by atoms with Crippen LogP contribution in [0.25, 0.3) is 0 Å². The van der Waals surface area contributed by atoms with Gasteiger partial charge in [0.2, 0.25) is 0 Å². The highest BCUT2D eigenvalue weighted by Crippen LogP contribution is 2.35. The Kier molecular flexibility index (Phi) is 5.20. The molecule has 3 rings (SSSR count). The largest absolute Gasteiger partial charge is 0.418 e. The number of alkyl halides is 3. The van der Waals surface area contributed by atoms with Gasteiger partial charge in [0.15, 0.2) is 0 Å². The molecule has 2 heterocycles. The molecule has 0 atom stereocenters. The third kappa shape index (κ3) is 3.84. The summed E-state index contributed by atoms with van der Waals surface area (Å²) in [4.78, 5) is 18.4. The van der Waals surface area contributed by atoms with Gasteiger partial charge in [0.25, 0.3) is 0 Å². The van der Waals surface area contributed by atoms with Crippen LogP contribution in [-0.4, -0.2) is 33.6 Å². The predicted molar refractivity (Wildman–Crippen MR) is 91.9 cm³/mol. The van der Waals surface area contributed by atoms with Crippen LogP contribution < -0.4 is 5.32 Å². The van der Waals surface area contributed by atoms with Gasteiger partial charge in [-0.15, -0.1) is 0 Å². The predicted octanol–water partition coefficient (Wildman–Crippen LogP) is 4.33. The minimum Gasteiger partial charge on any atom is -0.335 e. The lowest BCUT2D eigenvalue weighted by molar-refractivity contribution is -0.136. The number of urea groups is 1. The standard InChI is InChI=1S/C18H21F3N4O/c1-2-24-12-9-22-16(24)13-7-10-25(11-8-13)17(26)23-15-6-4-3-5-14(15)18(19,20)21/h3-6,9,12-13H,2,7-8,10-11H2,1H3,(H,23,26). The summed E-state index contributed by atoms with van der Waals surface area (Å²) in [7, 11) is 0. The number of hydrogen-bond donors (Lipinski definition) is 1. The van der Waals surface area contributed by atoms with Gasteiger partial charge in [-0.1, -0.05) is 12.1 Å². The van der Waals surface area contributed by atoms with E-state index in [1.54, 1.807) is 11.1 Å². The number of anilines is 1. The molecule has 0 bridgehead atoms. The number of rotatable bonds is 3. The molecule has 1 aliphatic heterocycles. The van der Waals surface area contributed by atoms with Gasteiger partial charge in [-0.05, 0) is 31.9 Å². The summed E-state index contributed by atoms with van der Waals surface area (Å²) in [5.74, 6) is 1.27. The molecule has 5 nitrogen and oxygen atoms in total. The van der Waals surface area contributed by atoms with Crippen molar-refractivity contribution >= 4 is 11.7 Å².